The van der Waals surface area contributed by atoms with Crippen LogP contribution in [0.4, 0.5) is 0 Å². The number of carbonyl (C=O) groups excluding carboxylic acids is 2. The fraction of sp³-hybridized carbons (Fsp3) is 0.154. The van der Waals surface area contributed by atoms with Crippen LogP contribution in [0.15, 0.2) is 72.8 Å². The summed E-state index contributed by atoms with van der Waals surface area (Å²) in [6.45, 7) is 3.67. The number of fused-ring (bicyclic) bond motifs is 1. The third-order valence-corrected chi connectivity index (χ3v) is 5.29. The van der Waals surface area contributed by atoms with E-state index in [0.717, 1.165) is 28.0 Å². The van der Waals surface area contributed by atoms with Crippen LogP contribution in [0.25, 0.3) is 16.6 Å². The second-order valence-electron chi connectivity index (χ2n) is 7.20. The first-order valence-corrected chi connectivity index (χ1v) is 10.1. The molecule has 1 heterocycles. The van der Waals surface area contributed by atoms with Crippen LogP contribution in [0.5, 0.6) is 11.5 Å². The van der Waals surface area contributed by atoms with Crippen molar-refractivity contribution in [3.63, 3.8) is 0 Å². The Balaban J connectivity index is 1.94. The van der Waals surface area contributed by atoms with Gasteiger partial charge in [-0.1, -0.05) is 37.3 Å². The van der Waals surface area contributed by atoms with Crippen molar-refractivity contribution in [3.05, 3.63) is 89.6 Å². The molecule has 156 valence electrons. The van der Waals surface area contributed by atoms with Gasteiger partial charge in [-0.3, -0.25) is 9.59 Å². The summed E-state index contributed by atoms with van der Waals surface area (Å²) in [5.74, 6) is 0.788. The smallest absolute Gasteiger partial charge is 0.310 e. The maximum absolute atomic E-state index is 13.5. The summed E-state index contributed by atoms with van der Waals surface area (Å²) in [4.78, 5) is 25.3. The Kier molecular flexibility index (Phi) is 5.58. The van der Waals surface area contributed by atoms with Crippen molar-refractivity contribution in [1.82, 2.24) is 4.57 Å². The molecule has 0 aliphatic rings. The van der Waals surface area contributed by atoms with Gasteiger partial charge in [0.25, 0.3) is 0 Å². The number of carbonyl (C=O) groups is 2. The van der Waals surface area contributed by atoms with E-state index in [2.05, 4.69) is 0 Å². The Morgan fingerprint density at radius 3 is 2.23 bits per heavy atom. The van der Waals surface area contributed by atoms with Crippen LogP contribution in [0, 0.1) is 6.92 Å². The highest BCUT2D eigenvalue weighted by molar-refractivity contribution is 6.18. The van der Waals surface area contributed by atoms with E-state index in [-0.39, 0.29) is 18.2 Å². The zero-order chi connectivity index (χ0) is 22.0. The average Bonchev–Trinajstić information content (AvgIpc) is 3.10. The van der Waals surface area contributed by atoms with Crippen LogP contribution in [-0.2, 0) is 4.79 Å². The highest BCUT2D eigenvalue weighted by Crippen LogP contribution is 2.34. The first kappa shape index (κ1) is 20.4. The molecule has 31 heavy (non-hydrogen) atoms. The number of methoxy groups -OCH3 is 1. The molecule has 0 bridgehead atoms. The molecule has 0 aliphatic heterocycles. The zero-order valence-electron chi connectivity index (χ0n) is 17.7. The molecule has 0 aliphatic carbocycles. The standard InChI is InChI=1S/C26H23NO4/c1-4-24(28)31-21-14-15-23-22(16-21)25(26(29)18-8-6-5-7-9-18)17(2)27(23)19-10-12-20(30-3)13-11-19/h5-16H,4H2,1-3H3. The van der Waals surface area contributed by atoms with E-state index in [9.17, 15) is 9.59 Å². The van der Waals surface area contributed by atoms with Crippen LogP contribution in [0.3, 0.4) is 0 Å². The van der Waals surface area contributed by atoms with Gasteiger partial charge in [0.2, 0.25) is 0 Å². The number of benzene rings is 3. The summed E-state index contributed by atoms with van der Waals surface area (Å²) in [6, 6.07) is 22.3. The molecule has 0 N–H and O–H groups in total. The van der Waals surface area contributed by atoms with Crippen molar-refractivity contribution in [2.45, 2.75) is 20.3 Å². The van der Waals surface area contributed by atoms with Crippen LogP contribution >= 0.6 is 0 Å². The molecule has 0 unspecified atom stereocenters. The highest BCUT2D eigenvalue weighted by Gasteiger charge is 2.22. The van der Waals surface area contributed by atoms with Crippen LogP contribution in [0.2, 0.25) is 0 Å². The van der Waals surface area contributed by atoms with Crippen molar-refractivity contribution in [2.75, 3.05) is 7.11 Å². The normalized spacial score (nSPS) is 10.8. The number of rotatable bonds is 6. The van der Waals surface area contributed by atoms with Gasteiger partial charge in [0.05, 0.1) is 18.2 Å². The molecule has 4 rings (SSSR count). The lowest BCUT2D eigenvalue weighted by molar-refractivity contribution is -0.134. The van der Waals surface area contributed by atoms with E-state index < -0.39 is 0 Å². The molecule has 1 aromatic heterocycles. The van der Waals surface area contributed by atoms with E-state index in [1.165, 1.54) is 0 Å². The quantitative estimate of drug-likeness (QED) is 0.238. The van der Waals surface area contributed by atoms with Gasteiger partial charge in [-0.15, -0.1) is 0 Å². The number of hydrogen-bond donors (Lipinski definition) is 0. The largest absolute Gasteiger partial charge is 0.497 e. The monoisotopic (exact) mass is 413 g/mol. The number of aromatic nitrogens is 1. The van der Waals surface area contributed by atoms with Gasteiger partial charge in [-0.25, -0.2) is 0 Å². The minimum Gasteiger partial charge on any atom is -0.497 e. The third kappa shape index (κ3) is 3.82. The molecule has 0 fully saturated rings. The van der Waals surface area contributed by atoms with Crippen LogP contribution in [0.1, 0.15) is 35.0 Å². The summed E-state index contributed by atoms with van der Waals surface area (Å²) >= 11 is 0. The molecule has 0 atom stereocenters. The summed E-state index contributed by atoms with van der Waals surface area (Å²) in [5, 5.41) is 0.739. The van der Waals surface area contributed by atoms with E-state index in [1.54, 1.807) is 38.3 Å². The Hall–Kier alpha value is -3.86. The molecular formula is C26H23NO4. The molecule has 0 saturated heterocycles. The molecule has 5 heteroatoms. The number of ketones is 1. The SMILES string of the molecule is CCC(=O)Oc1ccc2c(c1)c(C(=O)c1ccccc1)c(C)n2-c1ccc(OC)cc1. The summed E-state index contributed by atoms with van der Waals surface area (Å²) in [5.41, 5.74) is 3.78. The summed E-state index contributed by atoms with van der Waals surface area (Å²) < 4.78 is 12.7. The van der Waals surface area contributed by atoms with Gasteiger partial charge >= 0.3 is 5.97 Å². The molecule has 4 aromatic rings. The topological polar surface area (TPSA) is 57.5 Å². The number of nitrogens with zero attached hydrogens (tertiary/aromatic N) is 1. The Morgan fingerprint density at radius 1 is 0.903 bits per heavy atom. The van der Waals surface area contributed by atoms with Crippen molar-refractivity contribution in [2.24, 2.45) is 0 Å². The van der Waals surface area contributed by atoms with Gasteiger partial charge < -0.3 is 14.0 Å². The Morgan fingerprint density at radius 2 is 1.58 bits per heavy atom. The van der Waals surface area contributed by atoms with Crippen molar-refractivity contribution in [3.8, 4) is 17.2 Å². The minimum absolute atomic E-state index is 0.0747. The zero-order valence-corrected chi connectivity index (χ0v) is 17.7. The average molecular weight is 413 g/mol. The fourth-order valence-corrected chi connectivity index (χ4v) is 3.75. The van der Waals surface area contributed by atoms with Crippen LogP contribution in [-0.4, -0.2) is 23.4 Å². The molecular weight excluding hydrogens is 390 g/mol. The predicted molar refractivity (Wildman–Crippen MR) is 120 cm³/mol. The lowest BCUT2D eigenvalue weighted by Crippen LogP contribution is -2.05. The van der Waals surface area contributed by atoms with Gasteiger partial charge in [0, 0.05) is 28.8 Å². The maximum atomic E-state index is 13.5. The molecule has 0 saturated carbocycles. The second kappa shape index (κ2) is 8.48. The molecule has 0 amide bonds. The number of esters is 1. The van der Waals surface area contributed by atoms with E-state index in [1.807, 2.05) is 60.0 Å². The molecule has 5 nitrogen and oxygen atoms in total. The first-order chi connectivity index (χ1) is 15.0. The molecule has 0 radical (unpaired) electrons. The Bertz CT molecular complexity index is 1250. The first-order valence-electron chi connectivity index (χ1n) is 10.1. The van der Waals surface area contributed by atoms with Crippen molar-refractivity contribution >= 4 is 22.7 Å². The van der Waals surface area contributed by atoms with Gasteiger partial charge in [0.15, 0.2) is 5.78 Å². The molecule has 0 spiro atoms. The van der Waals surface area contributed by atoms with E-state index in [4.69, 9.17) is 9.47 Å². The predicted octanol–water partition coefficient (Wildman–Crippen LogP) is 5.49. The van der Waals surface area contributed by atoms with E-state index in [0.29, 0.717) is 16.9 Å². The summed E-state index contributed by atoms with van der Waals surface area (Å²) in [7, 11) is 1.63. The molecule has 3 aromatic carbocycles. The van der Waals surface area contributed by atoms with Gasteiger partial charge in [0.1, 0.15) is 11.5 Å². The van der Waals surface area contributed by atoms with Crippen molar-refractivity contribution in [1.29, 1.82) is 0 Å². The highest BCUT2D eigenvalue weighted by atomic mass is 16.5. The number of hydrogen-bond acceptors (Lipinski definition) is 4. The van der Waals surface area contributed by atoms with Crippen molar-refractivity contribution < 1.29 is 19.1 Å². The van der Waals surface area contributed by atoms with Gasteiger partial charge in [-0.2, -0.15) is 0 Å². The Labute approximate surface area is 180 Å². The maximum Gasteiger partial charge on any atom is 0.310 e. The lowest BCUT2D eigenvalue weighted by atomic mass is 10.0. The summed E-state index contributed by atoms with van der Waals surface area (Å²) in [6.07, 6.45) is 0.278. The third-order valence-electron chi connectivity index (χ3n) is 5.29. The second-order valence-corrected chi connectivity index (χ2v) is 7.20. The van der Waals surface area contributed by atoms with Crippen LogP contribution < -0.4 is 9.47 Å². The minimum atomic E-state index is -0.318. The van der Waals surface area contributed by atoms with E-state index >= 15 is 0 Å². The number of ether oxygens (including phenoxy) is 2. The van der Waals surface area contributed by atoms with Gasteiger partial charge in [-0.05, 0) is 49.4 Å². The lowest BCUT2D eigenvalue weighted by Gasteiger charge is -2.10. The fourth-order valence-electron chi connectivity index (χ4n) is 3.75.